The van der Waals surface area contributed by atoms with Crippen molar-refractivity contribution in [2.24, 2.45) is 0 Å². The number of carbonyl (C=O) groups is 1. The number of carbonyl (C=O) groups excluding carboxylic acids is 1. The Balaban J connectivity index is 3.52. The minimum absolute atomic E-state index is 0.0498. The van der Waals surface area contributed by atoms with E-state index in [0.717, 1.165) is 25.7 Å². The summed E-state index contributed by atoms with van der Waals surface area (Å²) >= 11 is 0. The van der Waals surface area contributed by atoms with Crippen LogP contribution in [0, 0.1) is 0 Å². The number of hydrogen-bond acceptors (Lipinski definition) is 2. The summed E-state index contributed by atoms with van der Waals surface area (Å²) in [7, 11) is 0. The van der Waals surface area contributed by atoms with E-state index in [-0.39, 0.29) is 11.9 Å². The second-order valence-electron chi connectivity index (χ2n) is 8.06. The summed E-state index contributed by atoms with van der Waals surface area (Å²) in [5, 5.41) is 13.0. The minimum Gasteiger partial charge on any atom is -0.387 e. The molecule has 1 amide bonds. The average molecular weight is 382 g/mol. The van der Waals surface area contributed by atoms with Crippen LogP contribution in [0.4, 0.5) is 0 Å². The summed E-state index contributed by atoms with van der Waals surface area (Å²) in [6, 6.07) is -0.215. The molecule has 3 nitrogen and oxygen atoms in total. The third kappa shape index (κ3) is 18.3. The molecule has 27 heavy (non-hydrogen) atoms. The van der Waals surface area contributed by atoms with E-state index in [2.05, 4.69) is 25.2 Å². The third-order valence-electron chi connectivity index (χ3n) is 5.22. The molecule has 0 rings (SSSR count). The number of allylic oxidation sites excluding steroid dienone is 1. The van der Waals surface area contributed by atoms with Crippen LogP contribution in [0.1, 0.15) is 124 Å². The van der Waals surface area contributed by atoms with Gasteiger partial charge in [0, 0.05) is 6.42 Å². The first-order valence-electron chi connectivity index (χ1n) is 11.8. The van der Waals surface area contributed by atoms with Gasteiger partial charge in [0.25, 0.3) is 0 Å². The Morgan fingerprint density at radius 1 is 0.815 bits per heavy atom. The van der Waals surface area contributed by atoms with Crippen molar-refractivity contribution in [3.8, 4) is 0 Å². The van der Waals surface area contributed by atoms with Crippen LogP contribution in [0.25, 0.3) is 0 Å². The Hall–Kier alpha value is -0.830. The van der Waals surface area contributed by atoms with Gasteiger partial charge in [0.1, 0.15) is 0 Å². The zero-order valence-electron chi connectivity index (χ0n) is 18.5. The molecular weight excluding hydrogens is 334 g/mol. The van der Waals surface area contributed by atoms with Crippen LogP contribution in [-0.2, 0) is 4.79 Å². The van der Waals surface area contributed by atoms with Crippen molar-refractivity contribution in [1.82, 2.24) is 5.32 Å². The van der Waals surface area contributed by atoms with E-state index in [0.29, 0.717) is 6.42 Å². The topological polar surface area (TPSA) is 49.3 Å². The molecule has 0 radical (unpaired) electrons. The van der Waals surface area contributed by atoms with E-state index >= 15 is 0 Å². The second kappa shape index (κ2) is 19.9. The Labute approximate surface area is 169 Å². The fourth-order valence-corrected chi connectivity index (χ4v) is 3.28. The highest BCUT2D eigenvalue weighted by Crippen LogP contribution is 2.12. The summed E-state index contributed by atoms with van der Waals surface area (Å²) in [6.45, 7) is 6.27. The van der Waals surface area contributed by atoms with Gasteiger partial charge in [-0.05, 0) is 26.2 Å². The zero-order chi connectivity index (χ0) is 20.2. The van der Waals surface area contributed by atoms with E-state index in [1.54, 1.807) is 0 Å². The van der Waals surface area contributed by atoms with E-state index in [1.807, 2.05) is 13.0 Å². The molecule has 0 aliphatic carbocycles. The average Bonchev–Trinajstić information content (AvgIpc) is 2.65. The van der Waals surface area contributed by atoms with Crippen molar-refractivity contribution in [3.63, 3.8) is 0 Å². The molecule has 3 heteroatoms. The molecular formula is C24H47NO2. The monoisotopic (exact) mass is 381 g/mol. The molecule has 0 heterocycles. The van der Waals surface area contributed by atoms with Crippen LogP contribution in [0.15, 0.2) is 12.2 Å². The van der Waals surface area contributed by atoms with Crippen molar-refractivity contribution in [1.29, 1.82) is 0 Å². The number of unbranched alkanes of at least 4 members (excludes halogenated alkanes) is 13. The molecule has 0 aliphatic heterocycles. The van der Waals surface area contributed by atoms with Crippen LogP contribution < -0.4 is 5.32 Å². The predicted octanol–water partition coefficient (Wildman–Crippen LogP) is 6.69. The number of aliphatic hydroxyl groups excluding tert-OH is 1. The van der Waals surface area contributed by atoms with Gasteiger partial charge in [-0.1, -0.05) is 103 Å². The molecule has 0 aliphatic rings. The van der Waals surface area contributed by atoms with Crippen molar-refractivity contribution in [2.75, 3.05) is 0 Å². The molecule has 160 valence electrons. The number of amides is 1. The van der Waals surface area contributed by atoms with Crippen molar-refractivity contribution in [3.05, 3.63) is 12.2 Å². The molecule has 2 atom stereocenters. The summed E-state index contributed by atoms with van der Waals surface area (Å²) in [5.74, 6) is 0.0498. The lowest BCUT2D eigenvalue weighted by atomic mass is 10.0. The van der Waals surface area contributed by atoms with Crippen LogP contribution in [0.2, 0.25) is 0 Å². The maximum atomic E-state index is 11.8. The molecule has 2 N–H and O–H groups in total. The lowest BCUT2D eigenvalue weighted by Gasteiger charge is -2.17. The maximum absolute atomic E-state index is 11.8. The molecule has 0 aromatic carbocycles. The number of hydrogen-bond donors (Lipinski definition) is 2. The smallest absolute Gasteiger partial charge is 0.220 e. The summed E-state index contributed by atoms with van der Waals surface area (Å²) in [5.41, 5.74) is 0. The molecule has 2 unspecified atom stereocenters. The SMILES string of the molecule is CCCCCCCCCCCCCC=CC(O)C(C)NC(=O)CCCCC. The highest BCUT2D eigenvalue weighted by Gasteiger charge is 2.13. The first-order chi connectivity index (χ1) is 13.1. The number of aliphatic hydroxyl groups is 1. The fourth-order valence-electron chi connectivity index (χ4n) is 3.28. The minimum atomic E-state index is -0.590. The van der Waals surface area contributed by atoms with E-state index in [9.17, 15) is 9.90 Å². The molecule has 0 fully saturated rings. The second-order valence-corrected chi connectivity index (χ2v) is 8.06. The quantitative estimate of drug-likeness (QED) is 0.193. The van der Waals surface area contributed by atoms with Crippen LogP contribution in [0.3, 0.4) is 0 Å². The largest absolute Gasteiger partial charge is 0.387 e. The van der Waals surface area contributed by atoms with Gasteiger partial charge in [-0.2, -0.15) is 0 Å². The number of nitrogens with one attached hydrogen (secondary N) is 1. The zero-order valence-corrected chi connectivity index (χ0v) is 18.5. The molecule has 0 saturated carbocycles. The molecule has 0 saturated heterocycles. The van der Waals surface area contributed by atoms with E-state index in [4.69, 9.17) is 0 Å². The molecule has 0 aromatic heterocycles. The van der Waals surface area contributed by atoms with Gasteiger partial charge in [0.15, 0.2) is 0 Å². The predicted molar refractivity (Wildman–Crippen MR) is 118 cm³/mol. The fraction of sp³-hybridized carbons (Fsp3) is 0.875. The number of rotatable bonds is 19. The van der Waals surface area contributed by atoms with Crippen molar-refractivity contribution >= 4 is 5.91 Å². The van der Waals surface area contributed by atoms with Crippen LogP contribution >= 0.6 is 0 Å². The first-order valence-corrected chi connectivity index (χ1v) is 11.8. The lowest BCUT2D eigenvalue weighted by molar-refractivity contribution is -0.122. The molecule has 0 aromatic rings. The Kier molecular flexibility index (Phi) is 19.3. The van der Waals surface area contributed by atoms with Crippen molar-refractivity contribution < 1.29 is 9.90 Å². The summed E-state index contributed by atoms with van der Waals surface area (Å²) in [4.78, 5) is 11.8. The summed E-state index contributed by atoms with van der Waals surface area (Å²) < 4.78 is 0. The first kappa shape index (κ1) is 26.2. The Morgan fingerprint density at radius 2 is 1.30 bits per heavy atom. The van der Waals surface area contributed by atoms with Crippen LogP contribution in [0.5, 0.6) is 0 Å². The third-order valence-corrected chi connectivity index (χ3v) is 5.22. The Morgan fingerprint density at radius 3 is 1.85 bits per heavy atom. The van der Waals surface area contributed by atoms with Gasteiger partial charge in [0.05, 0.1) is 12.1 Å². The highest BCUT2D eigenvalue weighted by molar-refractivity contribution is 5.76. The molecule has 0 spiro atoms. The maximum Gasteiger partial charge on any atom is 0.220 e. The van der Waals surface area contributed by atoms with Gasteiger partial charge in [-0.3, -0.25) is 4.79 Å². The molecule has 0 bridgehead atoms. The Bertz CT molecular complexity index is 354. The lowest BCUT2D eigenvalue weighted by Crippen LogP contribution is -2.40. The van der Waals surface area contributed by atoms with Gasteiger partial charge in [-0.15, -0.1) is 0 Å². The van der Waals surface area contributed by atoms with Gasteiger partial charge >= 0.3 is 0 Å². The van der Waals surface area contributed by atoms with E-state index < -0.39 is 6.10 Å². The summed E-state index contributed by atoms with van der Waals surface area (Å²) in [6.07, 6.45) is 22.9. The highest BCUT2D eigenvalue weighted by atomic mass is 16.3. The van der Waals surface area contributed by atoms with Crippen molar-refractivity contribution in [2.45, 2.75) is 136 Å². The van der Waals surface area contributed by atoms with Gasteiger partial charge < -0.3 is 10.4 Å². The van der Waals surface area contributed by atoms with Gasteiger partial charge in [-0.25, -0.2) is 0 Å². The standard InChI is InChI=1S/C24H47NO2/c1-4-6-8-9-10-11-12-13-14-15-16-17-19-20-23(26)22(3)25-24(27)21-18-7-5-2/h19-20,22-23,26H,4-18,21H2,1-3H3,(H,25,27). The van der Waals surface area contributed by atoms with Gasteiger partial charge in [0.2, 0.25) is 5.91 Å². The van der Waals surface area contributed by atoms with Crippen LogP contribution in [-0.4, -0.2) is 23.2 Å². The normalized spacial score (nSPS) is 13.8. The van der Waals surface area contributed by atoms with E-state index in [1.165, 1.54) is 70.6 Å².